The average Bonchev–Trinajstić information content (AvgIpc) is 2.42. The van der Waals surface area contributed by atoms with Gasteiger partial charge in [0.05, 0.1) is 5.56 Å². The molecule has 0 aliphatic carbocycles. The molecular weight excluding hydrogens is 311 g/mol. The van der Waals surface area contributed by atoms with Crippen molar-refractivity contribution < 1.29 is 27.8 Å². The number of ether oxygens (including phenoxy) is 1. The molecular formula is C16H22F3NO3. The number of likely N-dealkylation sites (N-methyl/N-ethyl adjacent to an activating group) is 1. The smallest absolute Gasteiger partial charge is 0.416 e. The Morgan fingerprint density at radius 1 is 1.22 bits per heavy atom. The molecule has 1 aromatic rings. The molecule has 0 aromatic heterocycles. The van der Waals surface area contributed by atoms with Crippen molar-refractivity contribution in [3.63, 3.8) is 0 Å². The molecule has 0 spiro atoms. The molecule has 0 saturated carbocycles. The first-order valence-corrected chi connectivity index (χ1v) is 7.15. The Morgan fingerprint density at radius 3 is 2.17 bits per heavy atom. The third-order valence-electron chi connectivity index (χ3n) is 3.10. The van der Waals surface area contributed by atoms with Crippen LogP contribution in [0.2, 0.25) is 0 Å². The van der Waals surface area contributed by atoms with Crippen molar-refractivity contribution in [3.8, 4) is 5.75 Å². The second-order valence-electron chi connectivity index (χ2n) is 6.42. The molecule has 1 amide bonds. The molecule has 23 heavy (non-hydrogen) atoms. The van der Waals surface area contributed by atoms with Crippen molar-refractivity contribution >= 4 is 5.91 Å². The number of hydrogen-bond acceptors (Lipinski definition) is 3. The molecule has 0 fully saturated rings. The Morgan fingerprint density at radius 2 is 1.74 bits per heavy atom. The van der Waals surface area contributed by atoms with E-state index in [-0.39, 0.29) is 24.8 Å². The molecule has 0 aliphatic heterocycles. The Labute approximate surface area is 133 Å². The lowest BCUT2D eigenvalue weighted by atomic mass is 9.95. The van der Waals surface area contributed by atoms with Crippen LogP contribution in [0, 0.1) is 5.41 Å². The van der Waals surface area contributed by atoms with Gasteiger partial charge in [0.2, 0.25) is 5.91 Å². The van der Waals surface area contributed by atoms with Gasteiger partial charge in [-0.05, 0) is 24.3 Å². The summed E-state index contributed by atoms with van der Waals surface area (Å²) in [5.74, 6) is 0.105. The molecule has 1 unspecified atom stereocenters. The number of hydrogen-bond donors (Lipinski definition) is 1. The van der Waals surface area contributed by atoms with Crippen molar-refractivity contribution in [2.45, 2.75) is 33.1 Å². The SMILES string of the molecule is CN(CC(O)COc1ccc(C(F)(F)F)cc1)C(=O)C(C)(C)C. The number of benzene rings is 1. The van der Waals surface area contributed by atoms with Gasteiger partial charge >= 0.3 is 6.18 Å². The van der Waals surface area contributed by atoms with Crippen LogP contribution in [0.4, 0.5) is 13.2 Å². The monoisotopic (exact) mass is 333 g/mol. The van der Waals surface area contributed by atoms with E-state index in [1.807, 2.05) is 0 Å². The zero-order valence-electron chi connectivity index (χ0n) is 13.6. The van der Waals surface area contributed by atoms with E-state index >= 15 is 0 Å². The van der Waals surface area contributed by atoms with E-state index in [1.54, 1.807) is 27.8 Å². The van der Waals surface area contributed by atoms with E-state index in [0.717, 1.165) is 12.1 Å². The lowest BCUT2D eigenvalue weighted by Crippen LogP contribution is -2.42. The Kier molecular flexibility index (Phi) is 6.04. The molecule has 7 heteroatoms. The van der Waals surface area contributed by atoms with Crippen LogP contribution in [0.25, 0.3) is 0 Å². The van der Waals surface area contributed by atoms with Crippen molar-refractivity contribution in [1.29, 1.82) is 0 Å². The minimum Gasteiger partial charge on any atom is -0.491 e. The van der Waals surface area contributed by atoms with Gasteiger partial charge in [-0.3, -0.25) is 4.79 Å². The molecule has 0 aliphatic rings. The van der Waals surface area contributed by atoms with Gasteiger partial charge in [0.1, 0.15) is 18.5 Å². The third-order valence-corrected chi connectivity index (χ3v) is 3.10. The maximum Gasteiger partial charge on any atom is 0.416 e. The van der Waals surface area contributed by atoms with Crippen LogP contribution in [0.15, 0.2) is 24.3 Å². The molecule has 1 aromatic carbocycles. The number of carbonyl (C=O) groups is 1. The zero-order chi connectivity index (χ0) is 17.8. The van der Waals surface area contributed by atoms with Gasteiger partial charge in [-0.25, -0.2) is 0 Å². The quantitative estimate of drug-likeness (QED) is 0.901. The van der Waals surface area contributed by atoms with E-state index in [9.17, 15) is 23.1 Å². The highest BCUT2D eigenvalue weighted by Gasteiger charge is 2.30. The van der Waals surface area contributed by atoms with Crippen LogP contribution >= 0.6 is 0 Å². The number of amides is 1. The summed E-state index contributed by atoms with van der Waals surface area (Å²) in [6, 6.07) is 4.22. The number of carbonyl (C=O) groups excluding carboxylic acids is 1. The fourth-order valence-corrected chi connectivity index (χ4v) is 1.96. The van der Waals surface area contributed by atoms with E-state index in [4.69, 9.17) is 4.74 Å². The van der Waals surface area contributed by atoms with Crippen LogP contribution in [-0.4, -0.2) is 42.2 Å². The van der Waals surface area contributed by atoms with E-state index < -0.39 is 23.3 Å². The summed E-state index contributed by atoms with van der Waals surface area (Å²) in [7, 11) is 1.58. The predicted molar refractivity (Wildman–Crippen MR) is 80.0 cm³/mol. The van der Waals surface area contributed by atoms with Gasteiger partial charge in [-0.15, -0.1) is 0 Å². The number of nitrogens with zero attached hydrogens (tertiary/aromatic N) is 1. The second-order valence-corrected chi connectivity index (χ2v) is 6.42. The van der Waals surface area contributed by atoms with E-state index in [2.05, 4.69) is 0 Å². The summed E-state index contributed by atoms with van der Waals surface area (Å²) in [5.41, 5.74) is -1.32. The molecule has 0 bridgehead atoms. The number of alkyl halides is 3. The van der Waals surface area contributed by atoms with Crippen LogP contribution in [0.1, 0.15) is 26.3 Å². The first-order valence-electron chi connectivity index (χ1n) is 7.15. The van der Waals surface area contributed by atoms with Gasteiger partial charge in [0.15, 0.2) is 0 Å². The minimum absolute atomic E-state index is 0.0801. The lowest BCUT2D eigenvalue weighted by molar-refractivity contribution is -0.139. The molecule has 1 atom stereocenters. The average molecular weight is 333 g/mol. The fourth-order valence-electron chi connectivity index (χ4n) is 1.96. The third kappa shape index (κ3) is 6.09. The fraction of sp³-hybridized carbons (Fsp3) is 0.562. The van der Waals surface area contributed by atoms with Gasteiger partial charge in [-0.2, -0.15) is 13.2 Å². The van der Waals surface area contributed by atoms with Crippen LogP contribution in [0.3, 0.4) is 0 Å². The maximum absolute atomic E-state index is 12.4. The van der Waals surface area contributed by atoms with Crippen LogP contribution in [-0.2, 0) is 11.0 Å². The highest BCUT2D eigenvalue weighted by Crippen LogP contribution is 2.30. The van der Waals surface area contributed by atoms with Gasteiger partial charge < -0.3 is 14.7 Å². The molecule has 130 valence electrons. The van der Waals surface area contributed by atoms with Gasteiger partial charge in [-0.1, -0.05) is 20.8 Å². The van der Waals surface area contributed by atoms with Gasteiger partial charge in [0.25, 0.3) is 0 Å². The Hall–Kier alpha value is -1.76. The Bertz CT molecular complexity index is 521. The largest absolute Gasteiger partial charge is 0.491 e. The standard InChI is InChI=1S/C16H22F3NO3/c1-15(2,3)14(22)20(4)9-12(21)10-23-13-7-5-11(6-8-13)16(17,18)19/h5-8,12,21H,9-10H2,1-4H3. The molecule has 0 saturated heterocycles. The molecule has 0 radical (unpaired) electrons. The Balaban J connectivity index is 2.50. The van der Waals surface area contributed by atoms with E-state index in [1.165, 1.54) is 17.0 Å². The lowest BCUT2D eigenvalue weighted by Gasteiger charge is -2.27. The normalized spacial score (nSPS) is 13.6. The topological polar surface area (TPSA) is 49.8 Å². The highest BCUT2D eigenvalue weighted by molar-refractivity contribution is 5.81. The van der Waals surface area contributed by atoms with Crippen molar-refractivity contribution in [3.05, 3.63) is 29.8 Å². The molecule has 0 heterocycles. The number of halogens is 3. The van der Waals surface area contributed by atoms with Crippen molar-refractivity contribution in [2.24, 2.45) is 5.41 Å². The highest BCUT2D eigenvalue weighted by atomic mass is 19.4. The number of aliphatic hydroxyl groups excluding tert-OH is 1. The van der Waals surface area contributed by atoms with Crippen molar-refractivity contribution in [2.75, 3.05) is 20.2 Å². The molecule has 4 nitrogen and oxygen atoms in total. The summed E-state index contributed by atoms with van der Waals surface area (Å²) in [5, 5.41) is 9.88. The molecule has 1 N–H and O–H groups in total. The summed E-state index contributed by atoms with van der Waals surface area (Å²) < 4.78 is 42.5. The van der Waals surface area contributed by atoms with Gasteiger partial charge in [0, 0.05) is 19.0 Å². The van der Waals surface area contributed by atoms with Crippen LogP contribution in [0.5, 0.6) is 5.75 Å². The minimum atomic E-state index is -4.39. The predicted octanol–water partition coefficient (Wildman–Crippen LogP) is 2.95. The van der Waals surface area contributed by atoms with E-state index in [0.29, 0.717) is 0 Å². The van der Waals surface area contributed by atoms with Crippen LogP contribution < -0.4 is 4.74 Å². The molecule has 1 rings (SSSR count). The summed E-state index contributed by atoms with van der Waals surface area (Å²) >= 11 is 0. The number of rotatable bonds is 5. The first-order chi connectivity index (χ1) is 10.4. The number of aliphatic hydroxyl groups is 1. The maximum atomic E-state index is 12.4. The second kappa shape index (κ2) is 7.21. The first kappa shape index (κ1) is 19.3. The van der Waals surface area contributed by atoms with Crippen molar-refractivity contribution in [1.82, 2.24) is 4.90 Å². The summed E-state index contributed by atoms with van der Waals surface area (Å²) in [6.07, 6.45) is -5.33. The zero-order valence-corrected chi connectivity index (χ0v) is 13.6. The summed E-state index contributed by atoms with van der Waals surface area (Å²) in [6.45, 7) is 5.29. The summed E-state index contributed by atoms with van der Waals surface area (Å²) in [4.78, 5) is 13.4.